The lowest BCUT2D eigenvalue weighted by atomic mass is 10.1. The summed E-state index contributed by atoms with van der Waals surface area (Å²) in [7, 11) is 0. The van der Waals surface area contributed by atoms with E-state index < -0.39 is 11.9 Å². The van der Waals surface area contributed by atoms with Crippen LogP contribution in [0.3, 0.4) is 0 Å². The fourth-order valence-electron chi connectivity index (χ4n) is 1.87. The molecule has 0 aliphatic heterocycles. The maximum absolute atomic E-state index is 12.6. The maximum atomic E-state index is 12.6. The van der Waals surface area contributed by atoms with Gasteiger partial charge in [0, 0.05) is 23.0 Å². The van der Waals surface area contributed by atoms with Crippen LogP contribution >= 0.6 is 11.6 Å². The highest BCUT2D eigenvalue weighted by molar-refractivity contribution is 6.32. The minimum absolute atomic E-state index is 0.0296. The van der Waals surface area contributed by atoms with E-state index in [1.165, 1.54) is 0 Å². The van der Waals surface area contributed by atoms with Crippen molar-refractivity contribution in [2.24, 2.45) is 15.2 Å². The smallest absolute Gasteiger partial charge is 0.255 e. The van der Waals surface area contributed by atoms with Gasteiger partial charge in [-0.1, -0.05) is 35.4 Å². The van der Waals surface area contributed by atoms with Gasteiger partial charge in [0.15, 0.2) is 0 Å². The molecule has 0 aliphatic rings. The first kappa shape index (κ1) is 20.9. The molecule has 0 heterocycles. The fourth-order valence-corrected chi connectivity index (χ4v) is 2.10. The Morgan fingerprint density at radius 3 is 2.24 bits per heavy atom. The number of hydrogen-bond donors (Lipinski definition) is 0. The number of benzene rings is 1. The molecule has 0 bridgehead atoms. The van der Waals surface area contributed by atoms with Crippen molar-refractivity contribution in [3.63, 3.8) is 0 Å². The lowest BCUT2D eigenvalue weighted by molar-refractivity contribution is -0.0606. The first-order valence-corrected chi connectivity index (χ1v) is 7.77. The number of aliphatic imine (C=N–C) groups is 1. The van der Waals surface area contributed by atoms with E-state index in [0.717, 1.165) is 23.2 Å². The van der Waals surface area contributed by atoms with E-state index >= 15 is 0 Å². The monoisotopic (exact) mass is 372 g/mol. The van der Waals surface area contributed by atoms with Crippen molar-refractivity contribution in [1.29, 1.82) is 0 Å². The molecule has 0 fully saturated rings. The van der Waals surface area contributed by atoms with Crippen molar-refractivity contribution in [3.05, 3.63) is 40.4 Å². The Bertz CT molecular complexity index is 717. The van der Waals surface area contributed by atoms with Gasteiger partial charge in [0.1, 0.15) is 5.71 Å². The zero-order valence-corrected chi connectivity index (χ0v) is 15.3. The standard InChI is InChI=1S/C17H20ClF3N4/c1-11(2)16(14-8-6-7-9-15(14)18)23-12(3)10-25(22-5)24-13(4)17(19,20)21/h6-9H,5,10H2,1-4H3/b23-12?,24-13+. The largest absolute Gasteiger partial charge is 0.430 e. The van der Waals surface area contributed by atoms with Gasteiger partial charge >= 0.3 is 6.18 Å². The number of allylic oxidation sites excluding steroid dienone is 1. The molecule has 8 heteroatoms. The van der Waals surface area contributed by atoms with E-state index in [1.807, 2.05) is 32.0 Å². The zero-order chi connectivity index (χ0) is 19.2. The van der Waals surface area contributed by atoms with E-state index in [9.17, 15) is 13.2 Å². The minimum Gasteiger partial charge on any atom is -0.255 e. The van der Waals surface area contributed by atoms with Gasteiger partial charge in [-0.25, -0.2) is 0 Å². The minimum atomic E-state index is -4.52. The Morgan fingerprint density at radius 1 is 1.16 bits per heavy atom. The van der Waals surface area contributed by atoms with Crippen LogP contribution in [0.5, 0.6) is 0 Å². The summed E-state index contributed by atoms with van der Waals surface area (Å²) < 4.78 is 37.8. The Hall–Kier alpha value is -2.15. The van der Waals surface area contributed by atoms with Gasteiger partial charge < -0.3 is 0 Å². The van der Waals surface area contributed by atoms with Crippen molar-refractivity contribution >= 4 is 35.4 Å². The van der Waals surface area contributed by atoms with Crippen LogP contribution in [0.2, 0.25) is 5.02 Å². The van der Waals surface area contributed by atoms with Gasteiger partial charge in [0.25, 0.3) is 0 Å². The average Bonchev–Trinajstić information content (AvgIpc) is 2.51. The molecule has 0 saturated carbocycles. The third kappa shape index (κ3) is 6.34. The van der Waals surface area contributed by atoms with Crippen molar-refractivity contribution < 1.29 is 13.2 Å². The van der Waals surface area contributed by atoms with Crippen molar-refractivity contribution in [2.45, 2.75) is 33.9 Å². The van der Waals surface area contributed by atoms with E-state index in [4.69, 9.17) is 11.6 Å². The molecule has 1 rings (SSSR count). The first-order valence-electron chi connectivity index (χ1n) is 7.39. The summed E-state index contributed by atoms with van der Waals surface area (Å²) in [6, 6.07) is 7.22. The molecule has 0 radical (unpaired) electrons. The SMILES string of the molecule is C=NN(CC(C)=NC(=C(C)C)c1ccccc1Cl)/N=C(\C)C(F)(F)F. The molecule has 25 heavy (non-hydrogen) atoms. The first-order chi connectivity index (χ1) is 11.6. The molecule has 0 spiro atoms. The van der Waals surface area contributed by atoms with Crippen LogP contribution in [0.4, 0.5) is 13.2 Å². The van der Waals surface area contributed by atoms with Crippen LogP contribution in [0.1, 0.15) is 33.3 Å². The second-order valence-electron chi connectivity index (χ2n) is 5.53. The second kappa shape index (κ2) is 8.80. The van der Waals surface area contributed by atoms with Crippen LogP contribution < -0.4 is 0 Å². The molecule has 0 atom stereocenters. The van der Waals surface area contributed by atoms with E-state index in [-0.39, 0.29) is 6.54 Å². The molecule has 0 aromatic heterocycles. The highest BCUT2D eigenvalue weighted by atomic mass is 35.5. The van der Waals surface area contributed by atoms with E-state index in [0.29, 0.717) is 16.4 Å². The van der Waals surface area contributed by atoms with Gasteiger partial charge in [-0.2, -0.15) is 28.5 Å². The normalized spacial score (nSPS) is 12.8. The van der Waals surface area contributed by atoms with Gasteiger partial charge in [-0.3, -0.25) is 4.99 Å². The molecule has 0 N–H and O–H groups in total. The predicted molar refractivity (Wildman–Crippen MR) is 98.2 cm³/mol. The van der Waals surface area contributed by atoms with Crippen LogP contribution in [0, 0.1) is 0 Å². The number of hydrazone groups is 2. The van der Waals surface area contributed by atoms with Crippen LogP contribution in [0.15, 0.2) is 45.0 Å². The maximum Gasteiger partial charge on any atom is 0.430 e. The van der Waals surface area contributed by atoms with Crippen molar-refractivity contribution in [3.8, 4) is 0 Å². The van der Waals surface area contributed by atoms with Crippen molar-refractivity contribution in [1.82, 2.24) is 5.12 Å². The summed E-state index contributed by atoms with van der Waals surface area (Å²) in [6.07, 6.45) is -4.52. The van der Waals surface area contributed by atoms with Crippen molar-refractivity contribution in [2.75, 3.05) is 6.54 Å². The molecular formula is C17H20ClF3N4. The Kier molecular flexibility index (Phi) is 7.36. The highest BCUT2D eigenvalue weighted by Crippen LogP contribution is 2.27. The van der Waals surface area contributed by atoms with E-state index in [2.05, 4.69) is 21.9 Å². The molecule has 0 amide bonds. The molecule has 1 aromatic rings. The van der Waals surface area contributed by atoms with Gasteiger partial charge in [0.2, 0.25) is 0 Å². The summed E-state index contributed by atoms with van der Waals surface area (Å²) in [5, 5.41) is 8.32. The van der Waals surface area contributed by atoms with E-state index in [1.54, 1.807) is 13.0 Å². The lowest BCUT2D eigenvalue weighted by Crippen LogP contribution is -2.26. The zero-order valence-electron chi connectivity index (χ0n) is 14.5. The van der Waals surface area contributed by atoms with Crippen LogP contribution in [0.25, 0.3) is 5.70 Å². The number of rotatable bonds is 6. The summed E-state index contributed by atoms with van der Waals surface area (Å²) in [4.78, 5) is 4.50. The number of halogens is 4. The topological polar surface area (TPSA) is 40.3 Å². The third-order valence-electron chi connectivity index (χ3n) is 3.11. The molecule has 0 saturated heterocycles. The predicted octanol–water partition coefficient (Wildman–Crippen LogP) is 5.41. The molecular weight excluding hydrogens is 353 g/mol. The molecule has 0 aliphatic carbocycles. The van der Waals surface area contributed by atoms with Gasteiger partial charge in [0.05, 0.1) is 12.2 Å². The number of hydrogen-bond acceptors (Lipinski definition) is 4. The van der Waals surface area contributed by atoms with Gasteiger partial charge in [-0.05, 0) is 33.8 Å². The summed E-state index contributed by atoms with van der Waals surface area (Å²) in [5.74, 6) is 0. The summed E-state index contributed by atoms with van der Waals surface area (Å²) in [5.41, 5.74) is 1.82. The number of nitrogens with zero attached hydrogens (tertiary/aromatic N) is 4. The molecule has 136 valence electrons. The fraction of sp³-hybridized carbons (Fsp3) is 0.353. The summed E-state index contributed by atoms with van der Waals surface area (Å²) in [6.45, 7) is 9.53. The Balaban J connectivity index is 3.11. The molecule has 1 aromatic carbocycles. The highest BCUT2D eigenvalue weighted by Gasteiger charge is 2.32. The van der Waals surface area contributed by atoms with Crippen LogP contribution in [-0.2, 0) is 0 Å². The number of alkyl halides is 3. The quantitative estimate of drug-likeness (QED) is 0.486. The van der Waals surface area contributed by atoms with Gasteiger partial charge in [-0.15, -0.1) is 0 Å². The molecule has 4 nitrogen and oxygen atoms in total. The average molecular weight is 373 g/mol. The Labute approximate surface area is 150 Å². The lowest BCUT2D eigenvalue weighted by Gasteiger charge is -2.15. The summed E-state index contributed by atoms with van der Waals surface area (Å²) >= 11 is 6.21. The second-order valence-corrected chi connectivity index (χ2v) is 5.94. The van der Waals surface area contributed by atoms with Crippen LogP contribution in [-0.4, -0.2) is 36.0 Å². The Morgan fingerprint density at radius 2 is 1.76 bits per heavy atom. The molecule has 0 unspecified atom stereocenters. The third-order valence-corrected chi connectivity index (χ3v) is 3.44.